The van der Waals surface area contributed by atoms with E-state index in [0.29, 0.717) is 12.2 Å². The van der Waals surface area contributed by atoms with Gasteiger partial charge in [0.1, 0.15) is 0 Å². The van der Waals surface area contributed by atoms with E-state index in [1.165, 1.54) is 6.92 Å². The summed E-state index contributed by atoms with van der Waals surface area (Å²) < 4.78 is 0. The molecule has 0 unspecified atom stereocenters. The number of carbonyl (C=O) groups is 2. The van der Waals surface area contributed by atoms with Gasteiger partial charge in [0.05, 0.1) is 6.61 Å². The van der Waals surface area contributed by atoms with E-state index in [9.17, 15) is 9.59 Å². The summed E-state index contributed by atoms with van der Waals surface area (Å²) in [5, 5.41) is 11.6. The lowest BCUT2D eigenvalue weighted by Crippen LogP contribution is -2.26. The number of Topliss-reactive ketones (excluding diaryl/α,β-unsaturated/α-hetero) is 1. The number of aliphatic hydroxyl groups is 1. The van der Waals surface area contributed by atoms with Gasteiger partial charge in [0.15, 0.2) is 0 Å². The molecule has 1 amide bonds. The third-order valence-corrected chi connectivity index (χ3v) is 2.89. The quantitative estimate of drug-likeness (QED) is 0.761. The molecule has 5 nitrogen and oxygen atoms in total. The Labute approximate surface area is 113 Å². The molecule has 0 aliphatic carbocycles. The minimum Gasteiger partial charge on any atom is -0.395 e. The fourth-order valence-corrected chi connectivity index (χ4v) is 1.79. The Morgan fingerprint density at radius 2 is 2.05 bits per heavy atom. The Morgan fingerprint density at radius 1 is 1.37 bits per heavy atom. The van der Waals surface area contributed by atoms with Crippen LogP contribution in [0.1, 0.15) is 19.4 Å². The second-order valence-corrected chi connectivity index (χ2v) is 4.31. The highest BCUT2D eigenvalue weighted by Crippen LogP contribution is 2.22. The van der Waals surface area contributed by atoms with Gasteiger partial charge in [-0.25, -0.2) is 0 Å². The molecule has 0 aromatic heterocycles. The highest BCUT2D eigenvalue weighted by Gasteiger charge is 2.11. The standard InChI is InChI=1S/C14H20N2O3/c1-4-16(7-8-17)12-5-6-13(10(2)9-12)15-14(19)11(3)18/h5-6,9,17H,4,7-8H2,1-3H3,(H,15,19). The van der Waals surface area contributed by atoms with Crippen molar-refractivity contribution in [1.29, 1.82) is 0 Å². The first kappa shape index (κ1) is 15.2. The van der Waals surface area contributed by atoms with E-state index in [0.717, 1.165) is 17.8 Å². The Hall–Kier alpha value is -1.88. The van der Waals surface area contributed by atoms with Crippen LogP contribution in [0.15, 0.2) is 18.2 Å². The molecular formula is C14H20N2O3. The summed E-state index contributed by atoms with van der Waals surface area (Å²) in [6.45, 7) is 6.56. The molecule has 0 fully saturated rings. The number of aryl methyl sites for hydroxylation is 1. The topological polar surface area (TPSA) is 69.6 Å². The van der Waals surface area contributed by atoms with Crippen molar-refractivity contribution in [2.45, 2.75) is 20.8 Å². The molecule has 0 aliphatic heterocycles. The van der Waals surface area contributed by atoms with Gasteiger partial charge in [0, 0.05) is 31.4 Å². The summed E-state index contributed by atoms with van der Waals surface area (Å²) in [6.07, 6.45) is 0. The molecule has 1 rings (SSSR count). The molecule has 0 saturated carbocycles. The van der Waals surface area contributed by atoms with Crippen LogP contribution in [0.3, 0.4) is 0 Å². The normalized spacial score (nSPS) is 10.1. The number of hydrogen-bond donors (Lipinski definition) is 2. The third kappa shape index (κ3) is 4.06. The van der Waals surface area contributed by atoms with Crippen LogP contribution in [-0.2, 0) is 9.59 Å². The van der Waals surface area contributed by atoms with Crippen molar-refractivity contribution in [2.75, 3.05) is 29.9 Å². The second-order valence-electron chi connectivity index (χ2n) is 4.31. The van der Waals surface area contributed by atoms with Crippen molar-refractivity contribution in [1.82, 2.24) is 0 Å². The first-order chi connectivity index (χ1) is 8.99. The van der Waals surface area contributed by atoms with Crippen molar-refractivity contribution in [2.24, 2.45) is 0 Å². The third-order valence-electron chi connectivity index (χ3n) is 2.89. The van der Waals surface area contributed by atoms with Crippen LogP contribution in [-0.4, -0.2) is 36.5 Å². The summed E-state index contributed by atoms with van der Waals surface area (Å²) in [7, 11) is 0. The van der Waals surface area contributed by atoms with Crippen molar-refractivity contribution in [3.63, 3.8) is 0 Å². The lowest BCUT2D eigenvalue weighted by molar-refractivity contribution is -0.133. The van der Waals surface area contributed by atoms with Crippen LogP contribution in [0.5, 0.6) is 0 Å². The number of ketones is 1. The van der Waals surface area contributed by atoms with Crippen molar-refractivity contribution >= 4 is 23.1 Å². The number of hydrogen-bond acceptors (Lipinski definition) is 4. The van der Waals surface area contributed by atoms with Crippen LogP contribution in [0.4, 0.5) is 11.4 Å². The fourth-order valence-electron chi connectivity index (χ4n) is 1.79. The number of amides is 1. The minimum absolute atomic E-state index is 0.0930. The molecule has 0 saturated heterocycles. The Kier molecular flexibility index (Phi) is 5.51. The van der Waals surface area contributed by atoms with E-state index in [2.05, 4.69) is 5.32 Å². The van der Waals surface area contributed by atoms with Crippen molar-refractivity contribution < 1.29 is 14.7 Å². The molecule has 0 aliphatic rings. The maximum absolute atomic E-state index is 11.3. The highest BCUT2D eigenvalue weighted by atomic mass is 16.3. The van der Waals surface area contributed by atoms with E-state index in [4.69, 9.17) is 5.11 Å². The van der Waals surface area contributed by atoms with Gasteiger partial charge in [-0.05, 0) is 37.6 Å². The number of rotatable bonds is 6. The molecule has 19 heavy (non-hydrogen) atoms. The SMILES string of the molecule is CCN(CCO)c1ccc(NC(=O)C(C)=O)c(C)c1. The molecule has 0 atom stereocenters. The van der Waals surface area contributed by atoms with E-state index in [1.54, 1.807) is 6.07 Å². The van der Waals surface area contributed by atoms with Crippen molar-refractivity contribution in [3.05, 3.63) is 23.8 Å². The predicted molar refractivity (Wildman–Crippen MR) is 75.5 cm³/mol. The Bertz CT molecular complexity index is 472. The molecule has 1 aromatic carbocycles. The highest BCUT2D eigenvalue weighted by molar-refractivity contribution is 6.39. The molecule has 1 aromatic rings. The van der Waals surface area contributed by atoms with Crippen molar-refractivity contribution in [3.8, 4) is 0 Å². The summed E-state index contributed by atoms with van der Waals surface area (Å²) >= 11 is 0. The number of likely N-dealkylation sites (N-methyl/N-ethyl adjacent to an activating group) is 1. The maximum Gasteiger partial charge on any atom is 0.291 e. The molecular weight excluding hydrogens is 244 g/mol. The van der Waals surface area contributed by atoms with E-state index in [-0.39, 0.29) is 6.61 Å². The molecule has 5 heteroatoms. The zero-order valence-corrected chi connectivity index (χ0v) is 11.6. The number of carbonyl (C=O) groups excluding carboxylic acids is 2. The average molecular weight is 264 g/mol. The lowest BCUT2D eigenvalue weighted by atomic mass is 10.1. The number of nitrogens with one attached hydrogen (secondary N) is 1. The molecule has 0 bridgehead atoms. The van der Waals surface area contributed by atoms with Gasteiger partial charge in [-0.15, -0.1) is 0 Å². The summed E-state index contributed by atoms with van der Waals surface area (Å²) in [6, 6.07) is 5.56. The lowest BCUT2D eigenvalue weighted by Gasteiger charge is -2.23. The summed E-state index contributed by atoms with van der Waals surface area (Å²) in [5.74, 6) is -1.13. The number of anilines is 2. The molecule has 0 heterocycles. The van der Waals surface area contributed by atoms with E-state index in [1.807, 2.05) is 30.9 Å². The maximum atomic E-state index is 11.3. The Balaban J connectivity index is 2.90. The number of benzene rings is 1. The van der Waals surface area contributed by atoms with Gasteiger partial charge in [0.25, 0.3) is 5.91 Å². The monoisotopic (exact) mass is 264 g/mol. The van der Waals surface area contributed by atoms with Crippen LogP contribution >= 0.6 is 0 Å². The molecule has 104 valence electrons. The zero-order valence-electron chi connectivity index (χ0n) is 11.6. The zero-order chi connectivity index (χ0) is 14.4. The first-order valence-corrected chi connectivity index (χ1v) is 6.28. The second kappa shape index (κ2) is 6.89. The summed E-state index contributed by atoms with van der Waals surface area (Å²) in [5.41, 5.74) is 2.49. The van der Waals surface area contributed by atoms with Gasteiger partial charge in [0.2, 0.25) is 5.78 Å². The van der Waals surface area contributed by atoms with Crippen LogP contribution in [0.2, 0.25) is 0 Å². The molecule has 0 spiro atoms. The van der Waals surface area contributed by atoms with E-state index < -0.39 is 11.7 Å². The minimum atomic E-state index is -0.612. The fraction of sp³-hybridized carbons (Fsp3) is 0.429. The van der Waals surface area contributed by atoms with Crippen LogP contribution in [0, 0.1) is 6.92 Å². The predicted octanol–water partition coefficient (Wildman–Crippen LogP) is 1.34. The smallest absolute Gasteiger partial charge is 0.291 e. The van der Waals surface area contributed by atoms with Crippen LogP contribution in [0.25, 0.3) is 0 Å². The molecule has 2 N–H and O–H groups in total. The van der Waals surface area contributed by atoms with Crippen LogP contribution < -0.4 is 10.2 Å². The van der Waals surface area contributed by atoms with E-state index >= 15 is 0 Å². The number of nitrogens with zero attached hydrogens (tertiary/aromatic N) is 1. The van der Waals surface area contributed by atoms with Gasteiger partial charge in [-0.2, -0.15) is 0 Å². The summed E-state index contributed by atoms with van der Waals surface area (Å²) in [4.78, 5) is 24.3. The van der Waals surface area contributed by atoms with Gasteiger partial charge < -0.3 is 15.3 Å². The Morgan fingerprint density at radius 3 is 2.53 bits per heavy atom. The first-order valence-electron chi connectivity index (χ1n) is 6.28. The average Bonchev–Trinajstić information content (AvgIpc) is 2.38. The van der Waals surface area contributed by atoms with Gasteiger partial charge in [-0.1, -0.05) is 0 Å². The largest absolute Gasteiger partial charge is 0.395 e. The number of aliphatic hydroxyl groups excluding tert-OH is 1. The molecule has 0 radical (unpaired) electrons. The van der Waals surface area contributed by atoms with Gasteiger partial charge >= 0.3 is 0 Å². The van der Waals surface area contributed by atoms with Gasteiger partial charge in [-0.3, -0.25) is 9.59 Å².